The highest BCUT2D eigenvalue weighted by Gasteiger charge is 2.32. The predicted molar refractivity (Wildman–Crippen MR) is 89.3 cm³/mol. The molecule has 4 nitrogen and oxygen atoms in total. The molecule has 0 spiro atoms. The molecule has 0 amide bonds. The maximum Gasteiger partial charge on any atom is 0.313 e. The molecule has 2 aromatic carbocycles. The van der Waals surface area contributed by atoms with Gasteiger partial charge in [-0.25, -0.2) is 0 Å². The average molecular weight is 325 g/mol. The molecule has 0 fully saturated rings. The van der Waals surface area contributed by atoms with Crippen molar-refractivity contribution in [1.29, 1.82) is 0 Å². The Hall–Kier alpha value is -2.66. The Morgan fingerprint density at radius 2 is 1.35 bits per heavy atom. The van der Waals surface area contributed by atoms with Crippen molar-refractivity contribution in [3.8, 4) is 0 Å². The number of hydrogen-bond acceptors (Lipinski definition) is 2. The summed E-state index contributed by atoms with van der Waals surface area (Å²) < 4.78 is 29.1. The molecule has 0 aliphatic carbocycles. The molecule has 0 aliphatic heterocycles. The fourth-order valence-electron chi connectivity index (χ4n) is 2.27. The molecule has 0 saturated heterocycles. The third-order valence-corrected chi connectivity index (χ3v) is 5.16. The van der Waals surface area contributed by atoms with Crippen LogP contribution in [-0.4, -0.2) is 8.42 Å². The highest BCUT2D eigenvalue weighted by atomic mass is 32.2. The lowest BCUT2D eigenvalue weighted by Gasteiger charge is -2.17. The minimum atomic E-state index is -3.73. The maximum atomic E-state index is 13.1. The van der Waals surface area contributed by atoms with E-state index in [2.05, 4.69) is 0 Å². The summed E-state index contributed by atoms with van der Waals surface area (Å²) in [6.07, 6.45) is 3.41. The molecule has 23 heavy (non-hydrogen) atoms. The number of para-hydroxylation sites is 1. The van der Waals surface area contributed by atoms with Gasteiger partial charge in [-0.05, 0) is 35.6 Å². The Kier molecular flexibility index (Phi) is 4.12. The van der Waals surface area contributed by atoms with E-state index in [4.69, 9.17) is 0 Å². The van der Waals surface area contributed by atoms with Crippen molar-refractivity contribution in [2.75, 3.05) is 4.41 Å². The van der Waals surface area contributed by atoms with E-state index in [1.807, 2.05) is 31.2 Å². The summed E-state index contributed by atoms with van der Waals surface area (Å²) in [5.74, 6) is 0. The first-order chi connectivity index (χ1) is 11.1. The molecular formula is C18H17N2O2S+. The topological polar surface area (TPSA) is 41.3 Å². The third-order valence-electron chi connectivity index (χ3n) is 3.43. The maximum absolute atomic E-state index is 13.1. The lowest BCUT2D eigenvalue weighted by molar-refractivity contribution is -0.668. The van der Waals surface area contributed by atoms with Crippen LogP contribution in [0.3, 0.4) is 0 Å². The quantitative estimate of drug-likeness (QED) is 0.692. The first-order valence-corrected chi connectivity index (χ1v) is 8.67. The van der Waals surface area contributed by atoms with Crippen LogP contribution in [0.15, 0.2) is 90.1 Å². The van der Waals surface area contributed by atoms with Gasteiger partial charge in [0.2, 0.25) is 12.4 Å². The monoisotopic (exact) mass is 325 g/mol. The Morgan fingerprint density at radius 3 is 1.96 bits per heavy atom. The zero-order chi connectivity index (χ0) is 16.3. The number of anilines is 1. The van der Waals surface area contributed by atoms with Gasteiger partial charge in [0.1, 0.15) is 5.69 Å². The van der Waals surface area contributed by atoms with Crippen molar-refractivity contribution in [3.63, 3.8) is 0 Å². The Labute approximate surface area is 136 Å². The molecule has 0 aliphatic rings. The van der Waals surface area contributed by atoms with Crippen LogP contribution in [0.25, 0.3) is 0 Å². The van der Waals surface area contributed by atoms with Crippen LogP contribution in [0.5, 0.6) is 0 Å². The minimum Gasteiger partial charge on any atom is -0.196 e. The SMILES string of the molecule is Cc1ccc(S(=O)(=O)N(c2ccccc2)[n+]2ccccc2)cc1. The molecule has 0 saturated carbocycles. The number of benzene rings is 2. The van der Waals surface area contributed by atoms with E-state index in [9.17, 15) is 8.42 Å². The lowest BCUT2D eigenvalue weighted by Crippen LogP contribution is -2.56. The Morgan fingerprint density at radius 1 is 0.783 bits per heavy atom. The number of nitrogens with zero attached hydrogens (tertiary/aromatic N) is 2. The van der Waals surface area contributed by atoms with E-state index in [0.717, 1.165) is 5.56 Å². The Bertz CT molecular complexity index is 838. The fourth-order valence-corrected chi connectivity index (χ4v) is 3.71. The van der Waals surface area contributed by atoms with Crippen LogP contribution in [0.2, 0.25) is 0 Å². The summed E-state index contributed by atoms with van der Waals surface area (Å²) in [6, 6.07) is 21.3. The van der Waals surface area contributed by atoms with E-state index >= 15 is 0 Å². The molecule has 0 atom stereocenters. The standard InChI is InChI=1S/C18H17N2O2S/c1-16-10-12-18(13-11-16)23(21,22)20(17-8-4-2-5-9-17)19-14-6-3-7-15-19/h2-15H,1H3/q+1. The normalized spacial score (nSPS) is 11.2. The van der Waals surface area contributed by atoms with Crippen molar-refractivity contribution in [3.05, 3.63) is 90.8 Å². The van der Waals surface area contributed by atoms with Gasteiger partial charge in [-0.3, -0.25) is 0 Å². The zero-order valence-corrected chi connectivity index (χ0v) is 13.5. The second kappa shape index (κ2) is 6.22. The van der Waals surface area contributed by atoms with Gasteiger partial charge in [0, 0.05) is 12.1 Å². The summed E-state index contributed by atoms with van der Waals surface area (Å²) in [7, 11) is -3.73. The van der Waals surface area contributed by atoms with E-state index in [1.165, 1.54) is 4.41 Å². The summed E-state index contributed by atoms with van der Waals surface area (Å²) in [6.45, 7) is 1.93. The van der Waals surface area contributed by atoms with Crippen LogP contribution in [0.1, 0.15) is 5.56 Å². The number of rotatable bonds is 4. The largest absolute Gasteiger partial charge is 0.313 e. The highest BCUT2D eigenvalue weighted by Crippen LogP contribution is 2.21. The smallest absolute Gasteiger partial charge is 0.196 e. The van der Waals surface area contributed by atoms with E-state index < -0.39 is 10.0 Å². The van der Waals surface area contributed by atoms with E-state index in [1.54, 1.807) is 65.6 Å². The van der Waals surface area contributed by atoms with Gasteiger partial charge in [0.25, 0.3) is 0 Å². The van der Waals surface area contributed by atoms with E-state index in [0.29, 0.717) is 5.69 Å². The summed E-state index contributed by atoms with van der Waals surface area (Å²) in [4.78, 5) is 0.253. The lowest BCUT2D eigenvalue weighted by atomic mass is 10.2. The first-order valence-electron chi connectivity index (χ1n) is 7.23. The molecule has 0 unspecified atom stereocenters. The number of pyridine rings is 1. The third kappa shape index (κ3) is 3.10. The molecule has 3 rings (SSSR count). The van der Waals surface area contributed by atoms with Crippen LogP contribution < -0.4 is 9.09 Å². The number of sulfonamides is 1. The van der Waals surface area contributed by atoms with Gasteiger partial charge in [-0.1, -0.05) is 46.6 Å². The van der Waals surface area contributed by atoms with Crippen molar-refractivity contribution in [1.82, 2.24) is 0 Å². The fraction of sp³-hybridized carbons (Fsp3) is 0.0556. The van der Waals surface area contributed by atoms with Crippen LogP contribution in [-0.2, 0) is 10.0 Å². The Balaban J connectivity index is 2.17. The van der Waals surface area contributed by atoms with Gasteiger partial charge in [0.15, 0.2) is 0 Å². The highest BCUT2D eigenvalue weighted by molar-refractivity contribution is 7.92. The van der Waals surface area contributed by atoms with Crippen molar-refractivity contribution >= 4 is 15.7 Å². The van der Waals surface area contributed by atoms with Gasteiger partial charge >= 0.3 is 10.0 Å². The molecule has 0 bridgehead atoms. The van der Waals surface area contributed by atoms with Gasteiger partial charge in [0.05, 0.1) is 4.90 Å². The van der Waals surface area contributed by atoms with Crippen LogP contribution >= 0.6 is 0 Å². The van der Waals surface area contributed by atoms with Gasteiger partial charge in [-0.2, -0.15) is 8.42 Å². The van der Waals surface area contributed by atoms with E-state index in [-0.39, 0.29) is 4.90 Å². The average Bonchev–Trinajstić information content (AvgIpc) is 2.57. The number of aryl methyl sites for hydroxylation is 1. The molecule has 116 valence electrons. The minimum absolute atomic E-state index is 0.253. The molecule has 3 aromatic rings. The van der Waals surface area contributed by atoms with Gasteiger partial charge < -0.3 is 0 Å². The summed E-state index contributed by atoms with van der Waals surface area (Å²) in [5, 5.41) is 0. The molecular weight excluding hydrogens is 308 g/mol. The molecule has 1 heterocycles. The number of hydrogen-bond donors (Lipinski definition) is 0. The van der Waals surface area contributed by atoms with Gasteiger partial charge in [-0.15, -0.1) is 0 Å². The zero-order valence-electron chi connectivity index (χ0n) is 12.7. The van der Waals surface area contributed by atoms with Crippen molar-refractivity contribution in [2.45, 2.75) is 11.8 Å². The van der Waals surface area contributed by atoms with Crippen LogP contribution in [0, 0.1) is 6.92 Å². The summed E-state index contributed by atoms with van der Waals surface area (Å²) >= 11 is 0. The molecule has 0 N–H and O–H groups in total. The van der Waals surface area contributed by atoms with Crippen molar-refractivity contribution < 1.29 is 13.1 Å². The predicted octanol–water partition coefficient (Wildman–Crippen LogP) is 2.94. The summed E-state index contributed by atoms with van der Waals surface area (Å²) in [5.41, 5.74) is 1.59. The second-order valence-corrected chi connectivity index (χ2v) is 6.92. The molecule has 0 radical (unpaired) electrons. The molecule has 1 aromatic heterocycles. The number of aromatic nitrogens is 1. The molecule has 5 heteroatoms. The second-order valence-electron chi connectivity index (χ2n) is 5.15. The van der Waals surface area contributed by atoms with Crippen LogP contribution in [0.4, 0.5) is 5.69 Å². The first kappa shape index (κ1) is 15.2. The van der Waals surface area contributed by atoms with Crippen molar-refractivity contribution in [2.24, 2.45) is 0 Å².